The molecule has 0 saturated heterocycles. The minimum absolute atomic E-state index is 0.0281. The Bertz CT molecular complexity index is 3620. The lowest BCUT2D eigenvalue weighted by molar-refractivity contribution is 0.281. The molecular weight excluding hydrogens is 829 g/mol. The molecule has 0 fully saturated rings. The molecule has 0 aromatic heterocycles. The maximum atomic E-state index is 2.74. The van der Waals surface area contributed by atoms with Gasteiger partial charge in [0, 0.05) is 23.2 Å². The number of allylic oxidation sites excluding steroid dienone is 18. The fourth-order valence-corrected chi connectivity index (χ4v) is 14.5. The fourth-order valence-electron chi connectivity index (χ4n) is 14.5. The molecule has 338 valence electrons. The number of hydrogen-bond donors (Lipinski definition) is 0. The summed E-state index contributed by atoms with van der Waals surface area (Å²) in [6.45, 7) is 19.5. The number of fused-ring (bicyclic) bond motifs is 10. The molecule has 0 aliphatic heterocycles. The van der Waals surface area contributed by atoms with Crippen LogP contribution >= 0.6 is 0 Å². The van der Waals surface area contributed by atoms with Crippen LogP contribution < -0.4 is 0 Å². The van der Waals surface area contributed by atoms with Gasteiger partial charge in [-0.25, -0.2) is 0 Å². The molecule has 0 heteroatoms. The summed E-state index contributed by atoms with van der Waals surface area (Å²) in [5, 5.41) is 5.57. The van der Waals surface area contributed by atoms with Crippen LogP contribution in [0.15, 0.2) is 180 Å². The van der Waals surface area contributed by atoms with Gasteiger partial charge in [-0.05, 0) is 176 Å². The molecule has 4 unspecified atom stereocenters. The van der Waals surface area contributed by atoms with E-state index in [1.807, 2.05) is 0 Å². The number of rotatable bonds is 3. The molecule has 4 atom stereocenters. The van der Waals surface area contributed by atoms with Gasteiger partial charge in [0.25, 0.3) is 0 Å². The van der Waals surface area contributed by atoms with Crippen molar-refractivity contribution in [1.29, 1.82) is 0 Å². The molecule has 0 heterocycles. The van der Waals surface area contributed by atoms with Crippen LogP contribution in [0.4, 0.5) is 0 Å². The number of benzene rings is 6. The van der Waals surface area contributed by atoms with Crippen LogP contribution in [-0.4, -0.2) is 0 Å². The molecule has 0 amide bonds. The number of hydrogen-bond acceptors (Lipinski definition) is 0. The van der Waals surface area contributed by atoms with Crippen molar-refractivity contribution < 1.29 is 0 Å². The molecule has 8 aliphatic rings. The Kier molecular flexibility index (Phi) is 8.59. The minimum atomic E-state index is -0.0281. The van der Waals surface area contributed by atoms with E-state index < -0.39 is 0 Å². The van der Waals surface area contributed by atoms with E-state index in [0.29, 0.717) is 17.8 Å². The molecule has 0 bridgehead atoms. The van der Waals surface area contributed by atoms with Crippen LogP contribution in [0.2, 0.25) is 0 Å². The standard InChI is InChI=1S/C69H62/c1-67(2,3)43-30-32-49-57(36-43)69(7,8)58-37-44(68(4,5)6)35-52(63(49)58)42-29-31-46-48-26-18-27-50-61(48)54(53(46)33-42)38-56-59(39-19-11-9-12-20-39)65-51-28-17-25-47-45-24-16-15-23-41(45)34-55(62(47)51)66(65)60(64(50)56)40-21-13-10-14-22-40/h9-14,16-22,24-32,34-36,38,42,44,47,62H,15,23,33,37H2,1-8H3. The van der Waals surface area contributed by atoms with Crippen molar-refractivity contribution in [2.24, 2.45) is 29.1 Å². The zero-order chi connectivity index (χ0) is 46.9. The highest BCUT2D eigenvalue weighted by atomic mass is 14.5. The van der Waals surface area contributed by atoms with Gasteiger partial charge in [0.2, 0.25) is 0 Å². The molecule has 0 N–H and O–H groups in total. The predicted molar refractivity (Wildman–Crippen MR) is 295 cm³/mol. The molecule has 0 nitrogen and oxygen atoms in total. The summed E-state index contributed by atoms with van der Waals surface area (Å²) in [4.78, 5) is 0. The summed E-state index contributed by atoms with van der Waals surface area (Å²) in [5.74, 6) is 1.38. The van der Waals surface area contributed by atoms with Gasteiger partial charge in [-0.2, -0.15) is 0 Å². The van der Waals surface area contributed by atoms with Crippen molar-refractivity contribution in [1.82, 2.24) is 0 Å². The second-order valence-electron chi connectivity index (χ2n) is 24.2. The maximum absolute atomic E-state index is 2.74. The van der Waals surface area contributed by atoms with Gasteiger partial charge >= 0.3 is 0 Å². The highest BCUT2D eigenvalue weighted by Crippen LogP contribution is 2.64. The van der Waals surface area contributed by atoms with E-state index in [2.05, 4.69) is 213 Å². The summed E-state index contributed by atoms with van der Waals surface area (Å²) in [7, 11) is 0. The summed E-state index contributed by atoms with van der Waals surface area (Å²) in [5.41, 5.74) is 29.4. The minimum Gasteiger partial charge on any atom is -0.0839 e. The Balaban J connectivity index is 1.01. The summed E-state index contributed by atoms with van der Waals surface area (Å²) >= 11 is 0. The third kappa shape index (κ3) is 5.76. The van der Waals surface area contributed by atoms with Gasteiger partial charge in [0.05, 0.1) is 0 Å². The van der Waals surface area contributed by atoms with Crippen molar-refractivity contribution in [2.45, 2.75) is 91.9 Å². The van der Waals surface area contributed by atoms with E-state index >= 15 is 0 Å². The van der Waals surface area contributed by atoms with E-state index in [0.717, 1.165) is 25.7 Å². The van der Waals surface area contributed by atoms with Crippen LogP contribution in [0.1, 0.15) is 120 Å². The SMILES string of the molecule is CC(C)(C)c1ccc2c(c1)C(C)(C)C1=C2C(C2C=CC3=C(C2)c2cc4c(-c5ccccc5)c5c(c(-c6ccccc6)c4c4cccc3c24)C2=CC3=C(C=CCC3)C3C=CC=C5C23)=CC(C(C)(C)C)C1. The molecular formula is C69H62. The maximum Gasteiger partial charge on any atom is 0.0206 e. The van der Waals surface area contributed by atoms with E-state index in [1.54, 1.807) is 16.7 Å². The molecule has 6 aromatic carbocycles. The topological polar surface area (TPSA) is 0 Å². The Labute approximate surface area is 409 Å². The first kappa shape index (κ1) is 41.5. The quantitative estimate of drug-likeness (QED) is 0.155. The van der Waals surface area contributed by atoms with E-state index in [4.69, 9.17) is 0 Å². The first-order chi connectivity index (χ1) is 33.3. The summed E-state index contributed by atoms with van der Waals surface area (Å²) in [6.07, 6.45) is 27.0. The third-order valence-corrected chi connectivity index (χ3v) is 18.0. The van der Waals surface area contributed by atoms with Crippen molar-refractivity contribution in [3.63, 3.8) is 0 Å². The van der Waals surface area contributed by atoms with Gasteiger partial charge < -0.3 is 0 Å². The Hall–Kier alpha value is -6.50. The molecule has 8 aliphatic carbocycles. The zero-order valence-electron chi connectivity index (χ0n) is 41.6. The summed E-state index contributed by atoms with van der Waals surface area (Å²) in [6, 6.07) is 40.2. The molecule has 0 saturated carbocycles. The zero-order valence-corrected chi connectivity index (χ0v) is 41.6. The molecule has 0 radical (unpaired) electrons. The van der Waals surface area contributed by atoms with E-state index in [1.165, 1.54) is 116 Å². The van der Waals surface area contributed by atoms with Gasteiger partial charge in [0.15, 0.2) is 0 Å². The lowest BCUT2D eigenvalue weighted by Gasteiger charge is -2.38. The first-order valence-corrected chi connectivity index (χ1v) is 26.0. The van der Waals surface area contributed by atoms with Crippen molar-refractivity contribution in [3.8, 4) is 22.3 Å². The van der Waals surface area contributed by atoms with Gasteiger partial charge in [-0.15, -0.1) is 0 Å². The van der Waals surface area contributed by atoms with Crippen molar-refractivity contribution in [3.05, 3.63) is 219 Å². The van der Waals surface area contributed by atoms with Crippen LogP contribution in [-0.2, 0) is 10.8 Å². The van der Waals surface area contributed by atoms with E-state index in [9.17, 15) is 0 Å². The van der Waals surface area contributed by atoms with Crippen LogP contribution in [0.25, 0.3) is 71.7 Å². The first-order valence-electron chi connectivity index (χ1n) is 26.0. The van der Waals surface area contributed by atoms with Gasteiger partial charge in [-0.3, -0.25) is 0 Å². The van der Waals surface area contributed by atoms with Gasteiger partial charge in [-0.1, -0.05) is 213 Å². The lowest BCUT2D eigenvalue weighted by atomic mass is 9.66. The van der Waals surface area contributed by atoms with Crippen molar-refractivity contribution >= 4 is 49.4 Å². The summed E-state index contributed by atoms with van der Waals surface area (Å²) < 4.78 is 0. The van der Waals surface area contributed by atoms with Gasteiger partial charge in [0.1, 0.15) is 0 Å². The highest BCUT2D eigenvalue weighted by Gasteiger charge is 2.47. The molecule has 14 rings (SSSR count). The monoisotopic (exact) mass is 890 g/mol. The van der Waals surface area contributed by atoms with Crippen molar-refractivity contribution in [2.75, 3.05) is 0 Å². The second kappa shape index (κ2) is 14.3. The Morgan fingerprint density at radius 3 is 2.13 bits per heavy atom. The normalized spacial score (nSPS) is 23.4. The smallest absolute Gasteiger partial charge is 0.0206 e. The van der Waals surface area contributed by atoms with E-state index in [-0.39, 0.29) is 22.2 Å². The second-order valence-corrected chi connectivity index (χ2v) is 24.2. The third-order valence-electron chi connectivity index (χ3n) is 18.0. The fraction of sp³-hybridized carbons (Fsp3) is 0.275. The highest BCUT2D eigenvalue weighted by molar-refractivity contribution is 6.30. The van der Waals surface area contributed by atoms with Crippen LogP contribution in [0.5, 0.6) is 0 Å². The average molecular weight is 891 g/mol. The average Bonchev–Trinajstić information content (AvgIpc) is 3.93. The molecule has 6 aromatic rings. The molecule has 0 spiro atoms. The molecule has 69 heavy (non-hydrogen) atoms. The largest absolute Gasteiger partial charge is 0.0839 e. The predicted octanol–water partition coefficient (Wildman–Crippen LogP) is 18.4. The van der Waals surface area contributed by atoms with Crippen LogP contribution in [0, 0.1) is 29.1 Å². The Morgan fingerprint density at radius 2 is 1.38 bits per heavy atom. The Morgan fingerprint density at radius 1 is 0.623 bits per heavy atom. The van der Waals surface area contributed by atoms with Crippen LogP contribution in [0.3, 0.4) is 0 Å². The lowest BCUT2D eigenvalue weighted by Crippen LogP contribution is -2.28.